The molecular formula is C15H20N4OS. The second-order valence-electron chi connectivity index (χ2n) is 5.53. The largest absolute Gasteiger partial charge is 0.347 e. The van der Waals surface area contributed by atoms with Gasteiger partial charge in [0.25, 0.3) is 5.91 Å². The van der Waals surface area contributed by atoms with Gasteiger partial charge in [0.2, 0.25) is 0 Å². The van der Waals surface area contributed by atoms with E-state index in [4.69, 9.17) is 0 Å². The van der Waals surface area contributed by atoms with Crippen molar-refractivity contribution < 1.29 is 4.79 Å². The first-order valence-corrected chi connectivity index (χ1v) is 8.19. The molecule has 1 unspecified atom stereocenters. The molecule has 5 nitrogen and oxygen atoms in total. The van der Waals surface area contributed by atoms with Crippen LogP contribution < -0.4 is 5.32 Å². The number of nitrogens with zero attached hydrogens (tertiary/aromatic N) is 3. The Labute approximate surface area is 128 Å². The van der Waals surface area contributed by atoms with Crippen molar-refractivity contribution in [2.75, 3.05) is 0 Å². The van der Waals surface area contributed by atoms with Gasteiger partial charge < -0.3 is 9.88 Å². The molecule has 0 aromatic carbocycles. The van der Waals surface area contributed by atoms with E-state index in [-0.39, 0.29) is 11.9 Å². The van der Waals surface area contributed by atoms with Gasteiger partial charge in [-0.1, -0.05) is 6.92 Å². The number of rotatable bonds is 3. The lowest BCUT2D eigenvalue weighted by atomic mass is 10.1. The average molecular weight is 304 g/mol. The van der Waals surface area contributed by atoms with Crippen LogP contribution in [0.5, 0.6) is 0 Å². The van der Waals surface area contributed by atoms with Crippen molar-refractivity contribution in [3.8, 4) is 0 Å². The summed E-state index contributed by atoms with van der Waals surface area (Å²) in [5.41, 5.74) is 0.808. The van der Waals surface area contributed by atoms with E-state index in [0.717, 1.165) is 47.9 Å². The fourth-order valence-electron chi connectivity index (χ4n) is 2.88. The maximum absolute atomic E-state index is 12.4. The Balaban J connectivity index is 1.72. The molecular weight excluding hydrogens is 284 g/mol. The van der Waals surface area contributed by atoms with Gasteiger partial charge in [0.05, 0.1) is 5.56 Å². The van der Waals surface area contributed by atoms with Crippen molar-refractivity contribution in [1.82, 2.24) is 20.1 Å². The lowest BCUT2D eigenvalue weighted by molar-refractivity contribution is 0.0927. The number of aryl methyl sites for hydroxylation is 4. The number of amides is 1. The van der Waals surface area contributed by atoms with Crippen LogP contribution in [0.3, 0.4) is 0 Å². The van der Waals surface area contributed by atoms with Crippen LogP contribution in [0.25, 0.3) is 0 Å². The summed E-state index contributed by atoms with van der Waals surface area (Å²) >= 11 is 1.67. The van der Waals surface area contributed by atoms with E-state index in [9.17, 15) is 4.79 Å². The van der Waals surface area contributed by atoms with Crippen LogP contribution in [0.15, 0.2) is 6.07 Å². The van der Waals surface area contributed by atoms with Gasteiger partial charge in [-0.2, -0.15) is 0 Å². The molecule has 1 aliphatic rings. The van der Waals surface area contributed by atoms with Gasteiger partial charge in [-0.05, 0) is 26.3 Å². The first kappa shape index (κ1) is 14.3. The van der Waals surface area contributed by atoms with Crippen LogP contribution in [-0.2, 0) is 19.4 Å². The van der Waals surface area contributed by atoms with Crippen molar-refractivity contribution in [1.29, 1.82) is 0 Å². The van der Waals surface area contributed by atoms with Gasteiger partial charge in [0.1, 0.15) is 11.6 Å². The first-order valence-electron chi connectivity index (χ1n) is 7.37. The van der Waals surface area contributed by atoms with Gasteiger partial charge in [-0.3, -0.25) is 4.79 Å². The number of aromatic nitrogens is 3. The topological polar surface area (TPSA) is 59.8 Å². The van der Waals surface area contributed by atoms with E-state index in [1.54, 1.807) is 11.3 Å². The van der Waals surface area contributed by atoms with E-state index >= 15 is 0 Å². The Bertz CT molecular complexity index is 660. The van der Waals surface area contributed by atoms with Crippen molar-refractivity contribution in [2.24, 2.45) is 0 Å². The molecule has 3 rings (SSSR count). The zero-order valence-corrected chi connectivity index (χ0v) is 13.5. The summed E-state index contributed by atoms with van der Waals surface area (Å²) in [6.07, 6.45) is 2.67. The van der Waals surface area contributed by atoms with Gasteiger partial charge in [0.15, 0.2) is 0 Å². The van der Waals surface area contributed by atoms with Crippen LogP contribution in [0.4, 0.5) is 0 Å². The lowest BCUT2D eigenvalue weighted by Gasteiger charge is -2.25. The van der Waals surface area contributed by atoms with E-state index in [1.165, 1.54) is 4.88 Å². The minimum Gasteiger partial charge on any atom is -0.347 e. The molecule has 0 spiro atoms. The van der Waals surface area contributed by atoms with Crippen molar-refractivity contribution in [2.45, 2.75) is 52.6 Å². The molecule has 1 amide bonds. The Kier molecular flexibility index (Phi) is 3.80. The second kappa shape index (κ2) is 5.60. The number of hydrogen-bond donors (Lipinski definition) is 1. The maximum atomic E-state index is 12.4. The third-order valence-electron chi connectivity index (χ3n) is 3.96. The molecule has 21 heavy (non-hydrogen) atoms. The summed E-state index contributed by atoms with van der Waals surface area (Å²) in [5, 5.41) is 11.6. The zero-order valence-electron chi connectivity index (χ0n) is 12.6. The number of nitrogens with one attached hydrogen (secondary N) is 1. The molecule has 6 heteroatoms. The summed E-state index contributed by atoms with van der Waals surface area (Å²) in [6, 6.07) is 2.13. The Hall–Kier alpha value is -1.69. The summed E-state index contributed by atoms with van der Waals surface area (Å²) < 4.78 is 2.15. The number of carbonyl (C=O) groups excluding carboxylic acids is 1. The van der Waals surface area contributed by atoms with Crippen molar-refractivity contribution in [3.63, 3.8) is 0 Å². The molecule has 0 fully saturated rings. The van der Waals surface area contributed by atoms with Gasteiger partial charge in [-0.25, -0.2) is 0 Å². The third kappa shape index (κ3) is 2.72. The fraction of sp³-hybridized carbons (Fsp3) is 0.533. The quantitative estimate of drug-likeness (QED) is 0.946. The smallest absolute Gasteiger partial charge is 0.252 e. The van der Waals surface area contributed by atoms with Gasteiger partial charge >= 0.3 is 0 Å². The Morgan fingerprint density at radius 3 is 2.95 bits per heavy atom. The summed E-state index contributed by atoms with van der Waals surface area (Å²) in [7, 11) is 0. The molecule has 0 aliphatic carbocycles. The van der Waals surface area contributed by atoms with Crippen LogP contribution in [-0.4, -0.2) is 26.7 Å². The minimum absolute atomic E-state index is 0.0384. The molecule has 3 heterocycles. The van der Waals surface area contributed by atoms with Gasteiger partial charge in [0, 0.05) is 35.2 Å². The summed E-state index contributed by atoms with van der Waals surface area (Å²) in [4.78, 5) is 14.7. The highest BCUT2D eigenvalue weighted by molar-refractivity contribution is 7.12. The molecule has 2 aromatic heterocycles. The highest BCUT2D eigenvalue weighted by Crippen LogP contribution is 2.21. The number of fused-ring (bicyclic) bond motifs is 1. The maximum Gasteiger partial charge on any atom is 0.252 e. The van der Waals surface area contributed by atoms with Crippen molar-refractivity contribution >= 4 is 17.2 Å². The van der Waals surface area contributed by atoms with Crippen LogP contribution in [0.2, 0.25) is 0 Å². The van der Waals surface area contributed by atoms with Crippen LogP contribution in [0, 0.1) is 13.8 Å². The van der Waals surface area contributed by atoms with E-state index < -0.39 is 0 Å². The molecule has 0 radical (unpaired) electrons. The Morgan fingerprint density at radius 2 is 2.29 bits per heavy atom. The molecule has 1 aliphatic heterocycles. The minimum atomic E-state index is 0.0384. The van der Waals surface area contributed by atoms with Gasteiger partial charge in [-0.15, -0.1) is 21.5 Å². The molecule has 2 aromatic rings. The normalized spacial score (nSPS) is 17.6. The highest BCUT2D eigenvalue weighted by Gasteiger charge is 2.24. The molecule has 1 atom stereocenters. The molecule has 1 N–H and O–H groups in total. The lowest BCUT2D eigenvalue weighted by Crippen LogP contribution is -2.41. The van der Waals surface area contributed by atoms with Crippen molar-refractivity contribution in [3.05, 3.63) is 33.0 Å². The summed E-state index contributed by atoms with van der Waals surface area (Å²) in [6.45, 7) is 6.89. The van der Waals surface area contributed by atoms with E-state index in [0.29, 0.717) is 0 Å². The number of thiophene rings is 1. The number of hydrogen-bond acceptors (Lipinski definition) is 4. The fourth-order valence-corrected chi connectivity index (χ4v) is 3.80. The molecule has 0 saturated heterocycles. The Morgan fingerprint density at radius 1 is 1.48 bits per heavy atom. The number of carbonyl (C=O) groups is 1. The SMILES string of the molecule is CCc1nnc2n1CC(NC(=O)c1cc(C)sc1C)CC2. The van der Waals surface area contributed by atoms with Crippen LogP contribution in [0.1, 0.15) is 45.1 Å². The predicted octanol–water partition coefficient (Wildman–Crippen LogP) is 2.26. The van der Waals surface area contributed by atoms with E-state index in [1.807, 2.05) is 19.9 Å². The van der Waals surface area contributed by atoms with E-state index in [2.05, 4.69) is 27.0 Å². The summed E-state index contributed by atoms with van der Waals surface area (Å²) in [5.74, 6) is 2.09. The first-order chi connectivity index (χ1) is 10.1. The predicted molar refractivity (Wildman–Crippen MR) is 82.8 cm³/mol. The molecule has 0 bridgehead atoms. The van der Waals surface area contributed by atoms with Crippen LogP contribution >= 0.6 is 11.3 Å². The zero-order chi connectivity index (χ0) is 15.0. The molecule has 112 valence electrons. The average Bonchev–Trinajstić information content (AvgIpc) is 3.01. The second-order valence-corrected chi connectivity index (χ2v) is 6.99. The highest BCUT2D eigenvalue weighted by atomic mass is 32.1. The standard InChI is InChI=1S/C15H20N4OS/c1-4-13-17-18-14-6-5-11(8-19(13)14)16-15(20)12-7-9(2)21-10(12)3/h7,11H,4-6,8H2,1-3H3,(H,16,20). The third-order valence-corrected chi connectivity index (χ3v) is 4.93. The monoisotopic (exact) mass is 304 g/mol. The molecule has 0 saturated carbocycles.